The van der Waals surface area contributed by atoms with Crippen molar-refractivity contribution in [3.8, 4) is 11.5 Å². The van der Waals surface area contributed by atoms with Crippen LogP contribution in [0.25, 0.3) is 0 Å². The van der Waals surface area contributed by atoms with Crippen LogP contribution >= 0.6 is 7.75 Å². The molecule has 0 fully saturated rings. The molecular weight excluding hydrogens is 345 g/mol. The lowest BCUT2D eigenvalue weighted by Crippen LogP contribution is -2.10. The summed E-state index contributed by atoms with van der Waals surface area (Å²) in [5.74, 6) is 0.973. The van der Waals surface area contributed by atoms with Crippen molar-refractivity contribution in [2.45, 2.75) is 20.8 Å². The maximum atomic E-state index is 13.5. The quantitative estimate of drug-likeness (QED) is 0.520. The molecule has 0 saturated heterocycles. The molecule has 1 N–H and O–H groups in total. The van der Waals surface area contributed by atoms with Gasteiger partial charge in [0.05, 0.1) is 0 Å². The Morgan fingerprint density at radius 2 is 1.19 bits per heavy atom. The summed E-state index contributed by atoms with van der Waals surface area (Å²) >= 11 is 0. The van der Waals surface area contributed by atoms with Gasteiger partial charge in [-0.15, -0.1) is 0 Å². The fourth-order valence-corrected chi connectivity index (χ4v) is 3.85. The first-order valence-electron chi connectivity index (χ1n) is 8.39. The number of rotatable bonds is 6. The van der Waals surface area contributed by atoms with Crippen LogP contribution in [-0.4, -0.2) is 0 Å². The molecule has 0 aliphatic heterocycles. The Labute approximate surface area is 154 Å². The molecule has 0 aromatic heterocycles. The molecule has 0 bridgehead atoms. The van der Waals surface area contributed by atoms with E-state index in [9.17, 15) is 4.57 Å². The van der Waals surface area contributed by atoms with E-state index in [0.717, 1.165) is 16.7 Å². The first kappa shape index (κ1) is 18.1. The Balaban J connectivity index is 1.91. The van der Waals surface area contributed by atoms with Gasteiger partial charge in [0.1, 0.15) is 11.5 Å². The zero-order valence-electron chi connectivity index (χ0n) is 15.1. The van der Waals surface area contributed by atoms with E-state index in [4.69, 9.17) is 9.05 Å². The van der Waals surface area contributed by atoms with Gasteiger partial charge in [-0.3, -0.25) is 5.09 Å². The zero-order valence-corrected chi connectivity index (χ0v) is 16.0. The summed E-state index contributed by atoms with van der Waals surface area (Å²) in [6, 6.07) is 22.3. The molecule has 0 aliphatic carbocycles. The van der Waals surface area contributed by atoms with Crippen LogP contribution in [0.4, 0.5) is 5.69 Å². The highest BCUT2D eigenvalue weighted by Crippen LogP contribution is 2.48. The van der Waals surface area contributed by atoms with E-state index < -0.39 is 7.75 Å². The van der Waals surface area contributed by atoms with Crippen molar-refractivity contribution >= 4 is 13.4 Å². The molecule has 0 spiro atoms. The molecule has 0 saturated carbocycles. The smallest absolute Gasteiger partial charge is 0.400 e. The average Bonchev–Trinajstić information content (AvgIpc) is 2.57. The normalized spacial score (nSPS) is 11.0. The lowest BCUT2D eigenvalue weighted by molar-refractivity contribution is 0.392. The summed E-state index contributed by atoms with van der Waals surface area (Å²) < 4.78 is 25.0. The molecule has 0 aliphatic rings. The number of hydrogen-bond donors (Lipinski definition) is 1. The molecule has 0 radical (unpaired) electrons. The SMILES string of the molecule is Cc1ccc(NP(=O)(Oc2cccc(C)c2)Oc2cccc(C)c2)cc1. The van der Waals surface area contributed by atoms with Gasteiger partial charge in [0.15, 0.2) is 0 Å². The van der Waals surface area contributed by atoms with Crippen LogP contribution < -0.4 is 14.1 Å². The van der Waals surface area contributed by atoms with Crippen LogP contribution in [0.1, 0.15) is 16.7 Å². The third-order valence-electron chi connectivity index (χ3n) is 3.75. The highest BCUT2D eigenvalue weighted by molar-refractivity contribution is 7.56. The molecule has 0 heterocycles. The van der Waals surface area contributed by atoms with Crippen molar-refractivity contribution in [2.24, 2.45) is 0 Å². The third-order valence-corrected chi connectivity index (χ3v) is 5.18. The number of anilines is 1. The Morgan fingerprint density at radius 1 is 0.692 bits per heavy atom. The number of nitrogens with one attached hydrogen (secondary N) is 1. The van der Waals surface area contributed by atoms with Crippen LogP contribution in [0, 0.1) is 20.8 Å². The summed E-state index contributed by atoms with van der Waals surface area (Å²) in [5, 5.41) is 2.93. The van der Waals surface area contributed by atoms with Crippen molar-refractivity contribution in [1.29, 1.82) is 0 Å². The summed E-state index contributed by atoms with van der Waals surface area (Å²) in [5.41, 5.74) is 3.81. The van der Waals surface area contributed by atoms with Gasteiger partial charge in [0.25, 0.3) is 0 Å². The second-order valence-electron chi connectivity index (χ2n) is 6.29. The summed E-state index contributed by atoms with van der Waals surface area (Å²) in [4.78, 5) is 0. The molecule has 0 amide bonds. The molecule has 0 atom stereocenters. The van der Waals surface area contributed by atoms with E-state index in [1.807, 2.05) is 81.4 Å². The minimum absolute atomic E-state index is 0.487. The standard InChI is InChI=1S/C21H22NO3P/c1-16-10-12-19(13-11-16)22-26(23,24-20-8-4-6-17(2)14-20)25-21-9-5-7-18(3)15-21/h4-15H,1-3H3,(H,22,23). The highest BCUT2D eigenvalue weighted by Gasteiger charge is 2.29. The lowest BCUT2D eigenvalue weighted by atomic mass is 10.2. The third kappa shape index (κ3) is 4.90. The molecule has 26 heavy (non-hydrogen) atoms. The summed E-state index contributed by atoms with van der Waals surface area (Å²) in [6.07, 6.45) is 0. The highest BCUT2D eigenvalue weighted by atomic mass is 31.2. The van der Waals surface area contributed by atoms with Crippen molar-refractivity contribution in [3.63, 3.8) is 0 Å². The summed E-state index contributed by atoms with van der Waals surface area (Å²) in [7, 11) is -3.69. The van der Waals surface area contributed by atoms with Crippen LogP contribution in [0.15, 0.2) is 72.8 Å². The molecule has 3 aromatic rings. The topological polar surface area (TPSA) is 47.6 Å². The largest absolute Gasteiger partial charge is 0.541 e. The van der Waals surface area contributed by atoms with E-state index in [1.54, 1.807) is 12.1 Å². The average molecular weight is 367 g/mol. The molecule has 134 valence electrons. The predicted octanol–water partition coefficient (Wildman–Crippen LogP) is 6.29. The lowest BCUT2D eigenvalue weighted by Gasteiger charge is -2.21. The first-order chi connectivity index (χ1) is 12.4. The second-order valence-corrected chi connectivity index (χ2v) is 7.87. The Bertz CT molecular complexity index is 886. The van der Waals surface area contributed by atoms with Gasteiger partial charge in [-0.2, -0.15) is 0 Å². The van der Waals surface area contributed by atoms with Crippen molar-refractivity contribution in [2.75, 3.05) is 5.09 Å². The van der Waals surface area contributed by atoms with Gasteiger partial charge >= 0.3 is 7.75 Å². The molecule has 0 unspecified atom stereocenters. The molecule has 5 heteroatoms. The second kappa shape index (κ2) is 7.67. The van der Waals surface area contributed by atoms with Gasteiger partial charge in [0, 0.05) is 5.69 Å². The number of benzene rings is 3. The van der Waals surface area contributed by atoms with E-state index >= 15 is 0 Å². The van der Waals surface area contributed by atoms with Crippen LogP contribution in [0.3, 0.4) is 0 Å². The predicted molar refractivity (Wildman–Crippen MR) is 106 cm³/mol. The zero-order chi connectivity index (χ0) is 18.6. The van der Waals surface area contributed by atoms with Crippen LogP contribution in [-0.2, 0) is 4.57 Å². The van der Waals surface area contributed by atoms with Gasteiger partial charge in [-0.1, -0.05) is 42.0 Å². The number of hydrogen-bond acceptors (Lipinski definition) is 3. The van der Waals surface area contributed by atoms with Crippen LogP contribution in [0.5, 0.6) is 11.5 Å². The Hall–Kier alpha value is -2.71. The maximum Gasteiger partial charge on any atom is 0.541 e. The minimum Gasteiger partial charge on any atom is -0.400 e. The van der Waals surface area contributed by atoms with Crippen LogP contribution in [0.2, 0.25) is 0 Å². The number of aryl methyl sites for hydroxylation is 3. The van der Waals surface area contributed by atoms with Crippen molar-refractivity contribution in [1.82, 2.24) is 0 Å². The van der Waals surface area contributed by atoms with E-state index in [2.05, 4.69) is 5.09 Å². The molecule has 4 nitrogen and oxygen atoms in total. The van der Waals surface area contributed by atoms with Gasteiger partial charge in [-0.05, 0) is 68.3 Å². The molecular formula is C21H22NO3P. The van der Waals surface area contributed by atoms with Gasteiger partial charge in [-0.25, -0.2) is 4.57 Å². The first-order valence-corrected chi connectivity index (χ1v) is 9.94. The maximum absolute atomic E-state index is 13.5. The van der Waals surface area contributed by atoms with Crippen molar-refractivity contribution in [3.05, 3.63) is 89.5 Å². The minimum atomic E-state index is -3.69. The van der Waals surface area contributed by atoms with Crippen molar-refractivity contribution < 1.29 is 13.6 Å². The molecule has 3 rings (SSSR count). The van der Waals surface area contributed by atoms with Gasteiger partial charge in [0.2, 0.25) is 0 Å². The van der Waals surface area contributed by atoms with E-state index in [1.165, 1.54) is 0 Å². The fraction of sp³-hybridized carbons (Fsp3) is 0.143. The monoisotopic (exact) mass is 367 g/mol. The Morgan fingerprint density at radius 3 is 1.65 bits per heavy atom. The van der Waals surface area contributed by atoms with E-state index in [-0.39, 0.29) is 0 Å². The van der Waals surface area contributed by atoms with Gasteiger partial charge < -0.3 is 9.05 Å². The Kier molecular flexibility index (Phi) is 5.34. The molecule has 3 aromatic carbocycles. The fourth-order valence-electron chi connectivity index (χ4n) is 2.47. The summed E-state index contributed by atoms with van der Waals surface area (Å²) in [6.45, 7) is 5.90. The van der Waals surface area contributed by atoms with E-state index in [0.29, 0.717) is 17.2 Å².